The van der Waals surface area contributed by atoms with Crippen LogP contribution in [0.2, 0.25) is 0 Å². The Hall–Kier alpha value is -2.22. The van der Waals surface area contributed by atoms with Crippen molar-refractivity contribution in [1.29, 1.82) is 0 Å². The van der Waals surface area contributed by atoms with Gasteiger partial charge in [-0.3, -0.25) is 19.4 Å². The number of nitrogens with zero attached hydrogens (tertiary/aromatic N) is 4. The lowest BCUT2D eigenvalue weighted by Crippen LogP contribution is -2.47. The third-order valence-corrected chi connectivity index (χ3v) is 6.89. The summed E-state index contributed by atoms with van der Waals surface area (Å²) in [7, 11) is 0. The lowest BCUT2D eigenvalue weighted by molar-refractivity contribution is -0.137. The van der Waals surface area contributed by atoms with Crippen molar-refractivity contribution in [2.24, 2.45) is 0 Å². The van der Waals surface area contributed by atoms with Crippen LogP contribution in [0.25, 0.3) is 5.57 Å². The normalized spacial score (nSPS) is 21.2. The van der Waals surface area contributed by atoms with Gasteiger partial charge in [-0.05, 0) is 37.9 Å². The number of ether oxygens (including phenoxy) is 1. The fourth-order valence-electron chi connectivity index (χ4n) is 4.96. The third-order valence-electron chi connectivity index (χ3n) is 6.89. The fraction of sp³-hybridized carbons (Fsp3) is 0.600. The molecule has 0 aliphatic carbocycles. The van der Waals surface area contributed by atoms with Crippen molar-refractivity contribution in [3.8, 4) is 0 Å². The maximum atomic E-state index is 13.6. The molecule has 0 saturated carbocycles. The average Bonchev–Trinajstić information content (AvgIpc) is 3.04. The van der Waals surface area contributed by atoms with Gasteiger partial charge in [0, 0.05) is 52.4 Å². The Morgan fingerprint density at radius 2 is 1.59 bits per heavy atom. The predicted octanol–water partition coefficient (Wildman–Crippen LogP) is 1.74. The summed E-state index contributed by atoms with van der Waals surface area (Å²) in [4.78, 5) is 35.5. The summed E-state index contributed by atoms with van der Waals surface area (Å²) in [5, 5.41) is 0. The average molecular weight is 441 g/mol. The second-order valence-corrected chi connectivity index (χ2v) is 9.03. The smallest absolute Gasteiger partial charge is 0.277 e. The molecule has 32 heavy (non-hydrogen) atoms. The fourth-order valence-corrected chi connectivity index (χ4v) is 4.96. The van der Waals surface area contributed by atoms with Crippen LogP contribution in [0.3, 0.4) is 0 Å². The minimum absolute atomic E-state index is 0.128. The van der Waals surface area contributed by atoms with E-state index in [1.165, 1.54) is 4.90 Å². The van der Waals surface area contributed by atoms with Gasteiger partial charge >= 0.3 is 0 Å². The standard InChI is InChI=1S/C25H36N4O3/c1-4-26-10-12-28(13-11-26)23-22(21-7-6-19(2)18-20(21)3)24(30)29(25(23)31)9-5-8-27-14-16-32-17-15-27/h6-7,18H,4-5,8-17H2,1-3H3. The molecule has 0 radical (unpaired) electrons. The van der Waals surface area contributed by atoms with Crippen LogP contribution in [-0.2, 0) is 14.3 Å². The summed E-state index contributed by atoms with van der Waals surface area (Å²) in [6.07, 6.45) is 0.786. The molecule has 2 fully saturated rings. The van der Waals surface area contributed by atoms with E-state index in [1.807, 2.05) is 19.1 Å². The van der Waals surface area contributed by atoms with Crippen LogP contribution in [-0.4, -0.2) is 104 Å². The van der Waals surface area contributed by atoms with Crippen LogP contribution >= 0.6 is 0 Å². The van der Waals surface area contributed by atoms with Crippen molar-refractivity contribution in [3.63, 3.8) is 0 Å². The number of morpholine rings is 1. The molecule has 3 aliphatic heterocycles. The maximum Gasteiger partial charge on any atom is 0.277 e. The second-order valence-electron chi connectivity index (χ2n) is 9.03. The van der Waals surface area contributed by atoms with Gasteiger partial charge in [-0.2, -0.15) is 0 Å². The zero-order valence-corrected chi connectivity index (χ0v) is 19.7. The van der Waals surface area contributed by atoms with Crippen molar-refractivity contribution >= 4 is 17.4 Å². The first-order valence-corrected chi connectivity index (χ1v) is 11.9. The minimum atomic E-state index is -0.142. The van der Waals surface area contributed by atoms with Gasteiger partial charge in [0.25, 0.3) is 11.8 Å². The van der Waals surface area contributed by atoms with Gasteiger partial charge in [0.2, 0.25) is 0 Å². The number of imide groups is 1. The molecule has 0 bridgehead atoms. The third kappa shape index (κ3) is 4.75. The van der Waals surface area contributed by atoms with Crippen molar-refractivity contribution in [3.05, 3.63) is 40.6 Å². The van der Waals surface area contributed by atoms with Crippen molar-refractivity contribution < 1.29 is 14.3 Å². The van der Waals surface area contributed by atoms with Crippen LogP contribution in [0.5, 0.6) is 0 Å². The highest BCUT2D eigenvalue weighted by atomic mass is 16.5. The Labute approximate surface area is 191 Å². The van der Waals surface area contributed by atoms with Crippen LogP contribution in [0, 0.1) is 13.8 Å². The predicted molar refractivity (Wildman–Crippen MR) is 125 cm³/mol. The van der Waals surface area contributed by atoms with E-state index in [9.17, 15) is 9.59 Å². The number of likely N-dealkylation sites (N-methyl/N-ethyl adjacent to an activating group) is 1. The summed E-state index contributed by atoms with van der Waals surface area (Å²) >= 11 is 0. The molecule has 2 amide bonds. The van der Waals surface area contributed by atoms with Gasteiger partial charge in [-0.1, -0.05) is 30.7 Å². The number of carbonyl (C=O) groups excluding carboxylic acids is 2. The zero-order chi connectivity index (χ0) is 22.7. The molecule has 2 saturated heterocycles. The first-order valence-electron chi connectivity index (χ1n) is 11.9. The molecule has 7 heteroatoms. The molecule has 174 valence electrons. The molecular weight excluding hydrogens is 404 g/mol. The Bertz CT molecular complexity index is 883. The molecule has 1 aromatic rings. The largest absolute Gasteiger partial charge is 0.379 e. The summed E-state index contributed by atoms with van der Waals surface area (Å²) < 4.78 is 5.42. The summed E-state index contributed by atoms with van der Waals surface area (Å²) in [5.74, 6) is -0.270. The topological polar surface area (TPSA) is 56.3 Å². The van der Waals surface area contributed by atoms with E-state index in [1.54, 1.807) is 0 Å². The Kier molecular flexibility index (Phi) is 7.28. The Balaban J connectivity index is 1.56. The SMILES string of the molecule is CCN1CCN(C2=C(c3ccc(C)cc3C)C(=O)N(CCCN3CCOCC3)C2=O)CC1. The summed E-state index contributed by atoms with van der Waals surface area (Å²) in [5.41, 5.74) is 4.27. The molecule has 0 aromatic heterocycles. The number of rotatable bonds is 7. The number of carbonyl (C=O) groups is 2. The van der Waals surface area contributed by atoms with E-state index in [-0.39, 0.29) is 11.8 Å². The van der Waals surface area contributed by atoms with Gasteiger partial charge in [0.1, 0.15) is 5.70 Å². The van der Waals surface area contributed by atoms with E-state index in [0.29, 0.717) is 17.8 Å². The highest BCUT2D eigenvalue weighted by molar-refractivity contribution is 6.35. The molecule has 3 aliphatic rings. The zero-order valence-electron chi connectivity index (χ0n) is 19.7. The van der Waals surface area contributed by atoms with Gasteiger partial charge in [-0.15, -0.1) is 0 Å². The van der Waals surface area contributed by atoms with Gasteiger partial charge < -0.3 is 14.5 Å². The van der Waals surface area contributed by atoms with Crippen LogP contribution < -0.4 is 0 Å². The van der Waals surface area contributed by atoms with E-state index in [2.05, 4.69) is 34.6 Å². The number of piperazine rings is 1. The summed E-state index contributed by atoms with van der Waals surface area (Å²) in [6.45, 7) is 15.3. The number of amides is 2. The highest BCUT2D eigenvalue weighted by Gasteiger charge is 2.42. The minimum Gasteiger partial charge on any atom is -0.379 e. The summed E-state index contributed by atoms with van der Waals surface area (Å²) in [6, 6.07) is 6.12. The lowest BCUT2D eigenvalue weighted by atomic mass is 9.97. The molecule has 0 atom stereocenters. The second kappa shape index (κ2) is 10.1. The quantitative estimate of drug-likeness (QED) is 0.602. The Morgan fingerprint density at radius 1 is 0.875 bits per heavy atom. The molecule has 4 rings (SSSR count). The number of benzene rings is 1. The van der Waals surface area contributed by atoms with Gasteiger partial charge in [0.05, 0.1) is 18.8 Å². The number of hydrogen-bond donors (Lipinski definition) is 0. The van der Waals surface area contributed by atoms with Crippen molar-refractivity contribution in [2.75, 3.05) is 72.1 Å². The van der Waals surface area contributed by atoms with Crippen LogP contribution in [0.15, 0.2) is 23.9 Å². The maximum absolute atomic E-state index is 13.6. The first kappa shape index (κ1) is 23.0. The molecule has 0 unspecified atom stereocenters. The van der Waals surface area contributed by atoms with E-state index in [4.69, 9.17) is 4.74 Å². The Morgan fingerprint density at radius 3 is 2.25 bits per heavy atom. The lowest BCUT2D eigenvalue weighted by Gasteiger charge is -2.36. The molecule has 0 spiro atoms. The molecule has 7 nitrogen and oxygen atoms in total. The van der Waals surface area contributed by atoms with E-state index >= 15 is 0 Å². The van der Waals surface area contributed by atoms with Crippen molar-refractivity contribution in [1.82, 2.24) is 19.6 Å². The van der Waals surface area contributed by atoms with E-state index < -0.39 is 0 Å². The highest BCUT2D eigenvalue weighted by Crippen LogP contribution is 2.34. The monoisotopic (exact) mass is 440 g/mol. The first-order chi connectivity index (χ1) is 15.5. The molecule has 1 aromatic carbocycles. The van der Waals surface area contributed by atoms with Crippen molar-refractivity contribution in [2.45, 2.75) is 27.2 Å². The van der Waals surface area contributed by atoms with Crippen LogP contribution in [0.4, 0.5) is 0 Å². The van der Waals surface area contributed by atoms with E-state index in [0.717, 1.165) is 88.7 Å². The van der Waals surface area contributed by atoms with Gasteiger partial charge in [-0.25, -0.2) is 0 Å². The number of aryl methyl sites for hydroxylation is 2. The molecule has 0 N–H and O–H groups in total. The van der Waals surface area contributed by atoms with Gasteiger partial charge in [0.15, 0.2) is 0 Å². The number of hydrogen-bond acceptors (Lipinski definition) is 6. The molecular formula is C25H36N4O3. The molecule has 3 heterocycles. The van der Waals surface area contributed by atoms with Crippen LogP contribution in [0.1, 0.15) is 30.0 Å².